The van der Waals surface area contributed by atoms with Gasteiger partial charge in [-0.05, 0) is 66.7 Å². The maximum Gasteiger partial charge on any atom is 0.339 e. The third kappa shape index (κ3) is 8.88. The van der Waals surface area contributed by atoms with Crippen LogP contribution in [0.5, 0.6) is 17.2 Å². The molecule has 0 saturated heterocycles. The number of rotatable bonds is 12. The van der Waals surface area contributed by atoms with Crippen molar-refractivity contribution in [2.45, 2.75) is 4.90 Å². The average Bonchev–Trinajstić information content (AvgIpc) is 3.04. The number of carbonyl (C=O) groups is 4. The van der Waals surface area contributed by atoms with Gasteiger partial charge < -0.3 is 35.6 Å². The van der Waals surface area contributed by atoms with Crippen molar-refractivity contribution >= 4 is 52.9 Å². The Balaban J connectivity index is 1.49. The molecule has 230 valence electrons. The minimum atomic E-state index is -1.32. The number of hydrogen-bond acceptors (Lipinski definition) is 8. The van der Waals surface area contributed by atoms with Crippen LogP contribution in [0, 0.1) is 0 Å². The minimum Gasteiger partial charge on any atom is -0.507 e. The highest BCUT2D eigenvalue weighted by atomic mass is 32.2. The summed E-state index contributed by atoms with van der Waals surface area (Å²) in [5.41, 5.74) is 1.15. The van der Waals surface area contributed by atoms with Crippen LogP contribution in [0.25, 0.3) is 6.08 Å². The molecule has 0 radical (unpaired) electrons. The van der Waals surface area contributed by atoms with Gasteiger partial charge in [-0.2, -0.15) is 0 Å². The molecular weight excluding hydrogens is 598 g/mol. The van der Waals surface area contributed by atoms with Crippen LogP contribution in [0.2, 0.25) is 0 Å². The second-order valence-corrected chi connectivity index (χ2v) is 10.4. The summed E-state index contributed by atoms with van der Waals surface area (Å²) in [7, 11) is 3.00. The predicted molar refractivity (Wildman–Crippen MR) is 171 cm³/mol. The SMILES string of the molecule is COc1ccc(/C=C(/NC(=O)c2ccccc2)C(=O)Nc2cccc(SCC(=O)Nc3ccc(O)c(C(=O)O)c3)c2)c(OC)c1. The summed E-state index contributed by atoms with van der Waals surface area (Å²) >= 11 is 1.19. The Kier molecular flexibility index (Phi) is 10.8. The number of carbonyl (C=O) groups excluding carboxylic acids is 3. The number of hydrogen-bond donors (Lipinski definition) is 5. The molecule has 5 N–H and O–H groups in total. The lowest BCUT2D eigenvalue weighted by atomic mass is 10.1. The molecule has 11 nitrogen and oxygen atoms in total. The maximum absolute atomic E-state index is 13.5. The topological polar surface area (TPSA) is 163 Å². The highest BCUT2D eigenvalue weighted by Crippen LogP contribution is 2.27. The lowest BCUT2D eigenvalue weighted by Gasteiger charge is -2.13. The first-order valence-corrected chi connectivity index (χ1v) is 14.4. The molecule has 0 aliphatic rings. The van der Waals surface area contributed by atoms with Gasteiger partial charge in [0.15, 0.2) is 0 Å². The molecule has 0 spiro atoms. The highest BCUT2D eigenvalue weighted by molar-refractivity contribution is 8.00. The molecule has 0 aliphatic carbocycles. The van der Waals surface area contributed by atoms with Crippen molar-refractivity contribution in [3.05, 3.63) is 113 Å². The smallest absolute Gasteiger partial charge is 0.339 e. The predicted octanol–water partition coefficient (Wildman–Crippen LogP) is 5.25. The molecule has 4 aromatic carbocycles. The molecule has 0 aliphatic heterocycles. The van der Waals surface area contributed by atoms with E-state index in [1.807, 2.05) is 0 Å². The van der Waals surface area contributed by atoms with Gasteiger partial charge in [0.1, 0.15) is 28.5 Å². The summed E-state index contributed by atoms with van der Waals surface area (Å²) in [6.07, 6.45) is 1.50. The van der Waals surface area contributed by atoms with E-state index in [-0.39, 0.29) is 22.7 Å². The Hall–Kier alpha value is -5.75. The molecular formula is C33H29N3O8S. The first kappa shape index (κ1) is 32.2. The first-order valence-electron chi connectivity index (χ1n) is 13.4. The van der Waals surface area contributed by atoms with E-state index in [9.17, 15) is 24.3 Å². The van der Waals surface area contributed by atoms with E-state index in [2.05, 4.69) is 16.0 Å². The van der Waals surface area contributed by atoms with Gasteiger partial charge in [-0.25, -0.2) is 4.79 Å². The number of ether oxygens (including phenoxy) is 2. The summed E-state index contributed by atoms with van der Waals surface area (Å²) in [5.74, 6) is -2.25. The molecule has 12 heteroatoms. The van der Waals surface area contributed by atoms with E-state index in [1.54, 1.807) is 72.8 Å². The molecule has 0 bridgehead atoms. The van der Waals surface area contributed by atoms with Crippen molar-refractivity contribution in [3.8, 4) is 17.2 Å². The van der Waals surface area contributed by atoms with Crippen LogP contribution in [0.15, 0.2) is 102 Å². The highest BCUT2D eigenvalue weighted by Gasteiger charge is 2.17. The summed E-state index contributed by atoms with van der Waals surface area (Å²) in [6.45, 7) is 0. The average molecular weight is 628 g/mol. The van der Waals surface area contributed by atoms with Crippen LogP contribution in [0.1, 0.15) is 26.3 Å². The largest absolute Gasteiger partial charge is 0.507 e. The van der Waals surface area contributed by atoms with Crippen LogP contribution in [-0.2, 0) is 9.59 Å². The lowest BCUT2D eigenvalue weighted by molar-refractivity contribution is -0.114. The zero-order valence-corrected chi connectivity index (χ0v) is 25.0. The summed E-state index contributed by atoms with van der Waals surface area (Å²) in [6, 6.07) is 24.1. The minimum absolute atomic E-state index is 0.0176. The quantitative estimate of drug-likeness (QED) is 0.0802. The van der Waals surface area contributed by atoms with Crippen LogP contribution < -0.4 is 25.4 Å². The van der Waals surface area contributed by atoms with Gasteiger partial charge in [-0.15, -0.1) is 11.8 Å². The van der Waals surface area contributed by atoms with Gasteiger partial charge in [0.2, 0.25) is 5.91 Å². The van der Waals surface area contributed by atoms with Crippen LogP contribution >= 0.6 is 11.8 Å². The van der Waals surface area contributed by atoms with E-state index in [0.717, 1.165) is 0 Å². The van der Waals surface area contributed by atoms with Gasteiger partial charge in [-0.3, -0.25) is 14.4 Å². The fraction of sp³-hybridized carbons (Fsp3) is 0.0909. The van der Waals surface area contributed by atoms with Gasteiger partial charge in [-0.1, -0.05) is 24.3 Å². The molecule has 0 saturated carbocycles. The number of thioether (sulfide) groups is 1. The molecule has 0 fully saturated rings. The van der Waals surface area contributed by atoms with Crippen molar-refractivity contribution in [1.29, 1.82) is 0 Å². The first-order chi connectivity index (χ1) is 21.7. The van der Waals surface area contributed by atoms with E-state index >= 15 is 0 Å². The van der Waals surface area contributed by atoms with Gasteiger partial charge in [0.05, 0.1) is 20.0 Å². The van der Waals surface area contributed by atoms with Crippen LogP contribution in [0.4, 0.5) is 11.4 Å². The Morgan fingerprint density at radius 1 is 0.822 bits per heavy atom. The maximum atomic E-state index is 13.5. The Bertz CT molecular complexity index is 1760. The van der Waals surface area contributed by atoms with Crippen LogP contribution in [-0.4, -0.2) is 53.9 Å². The molecule has 4 aromatic rings. The standard InChI is InChI=1S/C33H29N3O8S/c1-43-24-13-11-21(29(18-24)44-2)15-27(36-31(39)20-7-4-3-5-8-20)32(40)35-22-9-6-10-25(16-22)45-19-30(38)34-23-12-14-28(37)26(17-23)33(41)42/h3-18,37H,19H2,1-2H3,(H,34,38)(H,35,40)(H,36,39)(H,41,42)/b27-15+. The normalized spacial score (nSPS) is 10.8. The zero-order valence-electron chi connectivity index (χ0n) is 24.2. The summed E-state index contributed by atoms with van der Waals surface area (Å²) in [4.78, 5) is 50.9. The molecule has 0 atom stereocenters. The third-order valence-electron chi connectivity index (χ3n) is 6.24. The fourth-order valence-electron chi connectivity index (χ4n) is 4.03. The number of amides is 3. The number of aromatic hydroxyl groups is 1. The number of benzene rings is 4. The number of carboxylic acids is 1. The van der Waals surface area contributed by atoms with Crippen molar-refractivity contribution in [3.63, 3.8) is 0 Å². The zero-order chi connectivity index (χ0) is 32.3. The van der Waals surface area contributed by atoms with Gasteiger partial charge >= 0.3 is 5.97 Å². The number of phenols is 1. The van der Waals surface area contributed by atoms with Crippen molar-refractivity contribution in [2.75, 3.05) is 30.6 Å². The summed E-state index contributed by atoms with van der Waals surface area (Å²) < 4.78 is 10.7. The van der Waals surface area contributed by atoms with E-state index < -0.39 is 29.4 Å². The third-order valence-corrected chi connectivity index (χ3v) is 7.24. The second kappa shape index (κ2) is 15.1. The van der Waals surface area contributed by atoms with E-state index in [1.165, 1.54) is 50.3 Å². The van der Waals surface area contributed by atoms with Gasteiger partial charge in [0, 0.05) is 33.5 Å². The number of carboxylic acid groups (broad SMARTS) is 1. The van der Waals surface area contributed by atoms with E-state index in [4.69, 9.17) is 14.6 Å². The number of aromatic carboxylic acids is 1. The van der Waals surface area contributed by atoms with Gasteiger partial charge in [0.25, 0.3) is 11.8 Å². The number of anilines is 2. The number of methoxy groups -OCH3 is 2. The monoisotopic (exact) mass is 627 g/mol. The Labute approximate surface area is 262 Å². The van der Waals surface area contributed by atoms with Crippen LogP contribution in [0.3, 0.4) is 0 Å². The molecule has 4 rings (SSSR count). The van der Waals surface area contributed by atoms with Crippen molar-refractivity contribution < 1.29 is 38.9 Å². The molecule has 3 amide bonds. The molecule has 0 unspecified atom stereocenters. The Morgan fingerprint density at radius 2 is 1.58 bits per heavy atom. The summed E-state index contributed by atoms with van der Waals surface area (Å²) in [5, 5.41) is 26.9. The Morgan fingerprint density at radius 3 is 2.29 bits per heavy atom. The second-order valence-electron chi connectivity index (χ2n) is 9.34. The molecule has 0 aromatic heterocycles. The number of nitrogens with one attached hydrogen (secondary N) is 3. The van der Waals surface area contributed by atoms with Crippen molar-refractivity contribution in [2.24, 2.45) is 0 Å². The lowest BCUT2D eigenvalue weighted by Crippen LogP contribution is -2.30. The van der Waals surface area contributed by atoms with E-state index in [0.29, 0.717) is 33.2 Å². The molecule has 0 heterocycles. The molecule has 45 heavy (non-hydrogen) atoms. The van der Waals surface area contributed by atoms with Crippen molar-refractivity contribution in [1.82, 2.24) is 5.32 Å². The fourth-order valence-corrected chi connectivity index (χ4v) is 4.78.